The van der Waals surface area contributed by atoms with Gasteiger partial charge in [-0.3, -0.25) is 10.1 Å². The number of nitrogens with one attached hydrogen (secondary N) is 1. The van der Waals surface area contributed by atoms with E-state index in [1.807, 2.05) is 6.92 Å². The van der Waals surface area contributed by atoms with E-state index in [1.165, 1.54) is 0 Å². The lowest BCUT2D eigenvalue weighted by Crippen LogP contribution is -2.15. The number of hydrogen-bond donors (Lipinski definition) is 1. The van der Waals surface area contributed by atoms with E-state index in [9.17, 15) is 10.1 Å². The number of nitrogens with zero attached hydrogens (tertiary/aromatic N) is 3. The minimum atomic E-state index is -0.334. The van der Waals surface area contributed by atoms with Crippen molar-refractivity contribution in [3.8, 4) is 0 Å². The van der Waals surface area contributed by atoms with Crippen LogP contribution in [0.15, 0.2) is 0 Å². The van der Waals surface area contributed by atoms with Crippen molar-refractivity contribution in [1.82, 2.24) is 9.78 Å². The molecule has 1 aromatic heterocycles. The lowest BCUT2D eigenvalue weighted by atomic mass is 10.0. The highest BCUT2D eigenvalue weighted by Gasteiger charge is 2.65. The smallest absolute Gasteiger partial charge is 0.333 e. The number of nitro groups is 1. The molecule has 6 heteroatoms. The molecule has 1 fully saturated rings. The monoisotopic (exact) mass is 280 g/mol. The largest absolute Gasteiger partial charge is 0.361 e. The zero-order chi connectivity index (χ0) is 15.3. The maximum atomic E-state index is 11.3. The third kappa shape index (κ3) is 1.98. The van der Waals surface area contributed by atoms with Crippen molar-refractivity contribution >= 4 is 11.5 Å². The van der Waals surface area contributed by atoms with Gasteiger partial charge in [-0.05, 0) is 24.2 Å². The van der Waals surface area contributed by atoms with Gasteiger partial charge in [-0.2, -0.15) is 5.10 Å². The minimum Gasteiger partial charge on any atom is -0.361 e. The molecule has 0 aliphatic heterocycles. The first kappa shape index (κ1) is 14.8. The summed E-state index contributed by atoms with van der Waals surface area (Å²) in [5, 5.41) is 19.0. The Labute approximate surface area is 119 Å². The number of anilines is 1. The van der Waals surface area contributed by atoms with E-state index in [-0.39, 0.29) is 27.5 Å². The van der Waals surface area contributed by atoms with E-state index in [2.05, 4.69) is 38.1 Å². The van der Waals surface area contributed by atoms with Gasteiger partial charge in [-0.25, -0.2) is 4.68 Å². The average Bonchev–Trinajstić information content (AvgIpc) is 2.59. The number of rotatable bonds is 5. The van der Waals surface area contributed by atoms with Crippen LogP contribution >= 0.6 is 0 Å². The Balaban J connectivity index is 2.38. The third-order valence-corrected chi connectivity index (χ3v) is 5.02. The summed E-state index contributed by atoms with van der Waals surface area (Å²) in [5.74, 6) is 0.554. The van der Waals surface area contributed by atoms with E-state index in [0.29, 0.717) is 18.1 Å². The Bertz CT molecular complexity index is 532. The Morgan fingerprint density at radius 2 is 1.90 bits per heavy atom. The predicted octanol–water partition coefficient (Wildman–Crippen LogP) is 3.36. The summed E-state index contributed by atoms with van der Waals surface area (Å²) in [5.41, 5.74) is 0.825. The first-order valence-electron chi connectivity index (χ1n) is 7.13. The van der Waals surface area contributed by atoms with E-state index in [4.69, 9.17) is 0 Å². The molecule has 1 aliphatic rings. The highest BCUT2D eigenvalue weighted by molar-refractivity contribution is 5.61. The van der Waals surface area contributed by atoms with Crippen LogP contribution in [0, 0.1) is 27.9 Å². The molecule has 2 rings (SSSR count). The van der Waals surface area contributed by atoms with Gasteiger partial charge in [0.2, 0.25) is 5.82 Å². The number of aromatic nitrogens is 2. The normalized spacial score (nSPS) is 19.9. The van der Waals surface area contributed by atoms with Crippen molar-refractivity contribution in [3.05, 3.63) is 15.8 Å². The van der Waals surface area contributed by atoms with Crippen molar-refractivity contribution in [2.45, 2.75) is 60.5 Å². The SMILES string of the molecule is CCCn1nc(C)c([N+](=O)[O-])c1NC1C(C)(C)C1(C)C. The van der Waals surface area contributed by atoms with Gasteiger partial charge in [-0.1, -0.05) is 34.6 Å². The van der Waals surface area contributed by atoms with Crippen molar-refractivity contribution < 1.29 is 4.92 Å². The number of hydrogen-bond acceptors (Lipinski definition) is 4. The molecule has 0 bridgehead atoms. The van der Waals surface area contributed by atoms with Crippen LogP contribution in [0.4, 0.5) is 11.5 Å². The maximum Gasteiger partial charge on any atom is 0.333 e. The van der Waals surface area contributed by atoms with Crippen LogP contribution in [-0.4, -0.2) is 20.7 Å². The molecule has 0 aromatic carbocycles. The standard InChI is InChI=1S/C14H24N4O2/c1-7-8-17-11(10(18(19)20)9(2)16-17)15-12-13(3,4)14(12,5)6/h12,15H,7-8H2,1-6H3. The zero-order valence-corrected chi connectivity index (χ0v) is 13.1. The maximum absolute atomic E-state index is 11.3. The summed E-state index contributed by atoms with van der Waals surface area (Å²) in [6.45, 7) is 13.2. The first-order valence-corrected chi connectivity index (χ1v) is 7.13. The second-order valence-corrected chi connectivity index (χ2v) is 6.78. The Morgan fingerprint density at radius 3 is 2.30 bits per heavy atom. The summed E-state index contributed by atoms with van der Waals surface area (Å²) in [4.78, 5) is 11.0. The second kappa shape index (κ2) is 4.46. The quantitative estimate of drug-likeness (QED) is 0.663. The van der Waals surface area contributed by atoms with Gasteiger partial charge in [0.05, 0.1) is 4.92 Å². The minimum absolute atomic E-state index is 0.108. The fourth-order valence-electron chi connectivity index (χ4n) is 3.00. The van der Waals surface area contributed by atoms with E-state index in [1.54, 1.807) is 11.6 Å². The molecule has 112 valence electrons. The molecule has 6 nitrogen and oxygen atoms in total. The van der Waals surface area contributed by atoms with Crippen LogP contribution in [-0.2, 0) is 6.54 Å². The molecular formula is C14H24N4O2. The predicted molar refractivity (Wildman–Crippen MR) is 78.9 cm³/mol. The van der Waals surface area contributed by atoms with E-state index < -0.39 is 0 Å². The van der Waals surface area contributed by atoms with Crippen LogP contribution in [0.25, 0.3) is 0 Å². The molecule has 1 N–H and O–H groups in total. The van der Waals surface area contributed by atoms with Gasteiger partial charge in [0.25, 0.3) is 0 Å². The van der Waals surface area contributed by atoms with Crippen molar-refractivity contribution in [3.63, 3.8) is 0 Å². The molecule has 0 spiro atoms. The van der Waals surface area contributed by atoms with Crippen LogP contribution < -0.4 is 5.32 Å². The van der Waals surface area contributed by atoms with Gasteiger partial charge in [0, 0.05) is 12.6 Å². The van der Waals surface area contributed by atoms with Gasteiger partial charge in [0.1, 0.15) is 5.69 Å². The molecule has 1 heterocycles. The topological polar surface area (TPSA) is 73.0 Å². The lowest BCUT2D eigenvalue weighted by Gasteiger charge is -2.10. The highest BCUT2D eigenvalue weighted by Crippen LogP contribution is 2.64. The summed E-state index contributed by atoms with van der Waals surface area (Å²) in [7, 11) is 0. The molecule has 0 unspecified atom stereocenters. The molecule has 1 saturated carbocycles. The molecule has 0 saturated heterocycles. The molecular weight excluding hydrogens is 256 g/mol. The summed E-state index contributed by atoms with van der Waals surface area (Å²) >= 11 is 0. The van der Waals surface area contributed by atoms with E-state index >= 15 is 0 Å². The molecule has 0 amide bonds. The molecule has 1 aliphatic carbocycles. The summed E-state index contributed by atoms with van der Waals surface area (Å²) < 4.78 is 1.73. The van der Waals surface area contributed by atoms with Crippen molar-refractivity contribution in [2.24, 2.45) is 10.8 Å². The lowest BCUT2D eigenvalue weighted by molar-refractivity contribution is -0.384. The molecule has 1 aromatic rings. The Morgan fingerprint density at radius 1 is 1.35 bits per heavy atom. The summed E-state index contributed by atoms with van der Waals surface area (Å²) in [6, 6.07) is 0.223. The highest BCUT2D eigenvalue weighted by atomic mass is 16.6. The number of aryl methyl sites for hydroxylation is 2. The van der Waals surface area contributed by atoms with Gasteiger partial charge < -0.3 is 5.32 Å². The third-order valence-electron chi connectivity index (χ3n) is 5.02. The Hall–Kier alpha value is -1.59. The summed E-state index contributed by atoms with van der Waals surface area (Å²) in [6.07, 6.45) is 0.893. The zero-order valence-electron chi connectivity index (χ0n) is 13.1. The van der Waals surface area contributed by atoms with Crippen LogP contribution in [0.3, 0.4) is 0 Å². The van der Waals surface area contributed by atoms with Crippen LogP contribution in [0.5, 0.6) is 0 Å². The van der Waals surface area contributed by atoms with E-state index in [0.717, 1.165) is 6.42 Å². The molecule has 0 atom stereocenters. The molecule has 20 heavy (non-hydrogen) atoms. The van der Waals surface area contributed by atoms with Gasteiger partial charge in [0.15, 0.2) is 0 Å². The first-order chi connectivity index (χ1) is 9.14. The molecule has 0 radical (unpaired) electrons. The van der Waals surface area contributed by atoms with Gasteiger partial charge in [-0.15, -0.1) is 0 Å². The van der Waals surface area contributed by atoms with Crippen LogP contribution in [0.2, 0.25) is 0 Å². The van der Waals surface area contributed by atoms with Crippen LogP contribution in [0.1, 0.15) is 46.7 Å². The fourth-order valence-corrected chi connectivity index (χ4v) is 3.00. The average molecular weight is 280 g/mol. The van der Waals surface area contributed by atoms with Crippen molar-refractivity contribution in [2.75, 3.05) is 5.32 Å². The Kier molecular flexibility index (Phi) is 3.31. The van der Waals surface area contributed by atoms with Gasteiger partial charge >= 0.3 is 5.69 Å². The fraction of sp³-hybridized carbons (Fsp3) is 0.786. The van der Waals surface area contributed by atoms with Crippen molar-refractivity contribution in [1.29, 1.82) is 0 Å². The second-order valence-electron chi connectivity index (χ2n) is 6.78.